The highest BCUT2D eigenvalue weighted by molar-refractivity contribution is 7.87. The second kappa shape index (κ2) is 6.69. The van der Waals surface area contributed by atoms with E-state index in [0.717, 1.165) is 9.87 Å². The smallest absolute Gasteiger partial charge is 0.422 e. The fraction of sp³-hybridized carbons (Fsp3) is 0.417. The second-order valence-electron chi connectivity index (χ2n) is 4.18. The van der Waals surface area contributed by atoms with E-state index in [1.165, 1.54) is 0 Å². The Morgan fingerprint density at radius 3 is 2.55 bits per heavy atom. The van der Waals surface area contributed by atoms with Crippen molar-refractivity contribution in [3.63, 3.8) is 0 Å². The van der Waals surface area contributed by atoms with Gasteiger partial charge in [-0.15, -0.1) is 0 Å². The highest BCUT2D eigenvalue weighted by Gasteiger charge is 2.26. The van der Waals surface area contributed by atoms with Crippen molar-refractivity contribution in [1.29, 1.82) is 0 Å². The van der Waals surface area contributed by atoms with Gasteiger partial charge in [0.15, 0.2) is 0 Å². The Morgan fingerprint density at radius 2 is 1.90 bits per heavy atom. The summed E-state index contributed by atoms with van der Waals surface area (Å²) in [5.41, 5.74) is 0.784. The van der Waals surface area contributed by atoms with Gasteiger partial charge in [0.1, 0.15) is 6.61 Å². The number of hydrogen-bond acceptors (Lipinski definition) is 5. The van der Waals surface area contributed by atoms with Gasteiger partial charge < -0.3 is 9.47 Å². The molecule has 0 bridgehead atoms. The van der Waals surface area contributed by atoms with Gasteiger partial charge in [0.05, 0.1) is 13.2 Å². The first-order valence-electron chi connectivity index (χ1n) is 6.14. The van der Waals surface area contributed by atoms with Crippen LogP contribution in [0.25, 0.3) is 0 Å². The molecule has 7 nitrogen and oxygen atoms in total. The molecule has 1 saturated heterocycles. The Morgan fingerprint density at radius 1 is 1.25 bits per heavy atom. The summed E-state index contributed by atoms with van der Waals surface area (Å²) >= 11 is 0. The van der Waals surface area contributed by atoms with Crippen molar-refractivity contribution in [3.05, 3.63) is 35.9 Å². The second-order valence-corrected chi connectivity index (χ2v) is 5.85. The van der Waals surface area contributed by atoms with Crippen molar-refractivity contribution in [3.8, 4) is 0 Å². The Balaban J connectivity index is 1.84. The molecular formula is C12H16N2O5S. The first kappa shape index (κ1) is 14.8. The van der Waals surface area contributed by atoms with Crippen molar-refractivity contribution in [2.24, 2.45) is 0 Å². The normalized spacial score (nSPS) is 16.6. The molecule has 1 aromatic carbocycles. The summed E-state index contributed by atoms with van der Waals surface area (Å²) in [6.45, 7) is 1.11. The molecule has 20 heavy (non-hydrogen) atoms. The van der Waals surface area contributed by atoms with Gasteiger partial charge in [-0.1, -0.05) is 30.3 Å². The van der Waals surface area contributed by atoms with Crippen LogP contribution in [0.1, 0.15) is 5.56 Å². The maximum Gasteiger partial charge on any atom is 0.422 e. The summed E-state index contributed by atoms with van der Waals surface area (Å²) in [4.78, 5) is 11.5. The molecule has 1 N–H and O–H groups in total. The van der Waals surface area contributed by atoms with Crippen LogP contribution < -0.4 is 4.72 Å². The zero-order valence-corrected chi connectivity index (χ0v) is 11.6. The van der Waals surface area contributed by atoms with Crippen LogP contribution in [0.3, 0.4) is 0 Å². The number of hydrogen-bond donors (Lipinski definition) is 1. The van der Waals surface area contributed by atoms with Crippen LogP contribution in [0.5, 0.6) is 0 Å². The van der Waals surface area contributed by atoms with Gasteiger partial charge in [0.2, 0.25) is 0 Å². The third kappa shape index (κ3) is 4.19. The fourth-order valence-corrected chi connectivity index (χ4v) is 2.74. The van der Waals surface area contributed by atoms with E-state index in [0.29, 0.717) is 13.2 Å². The Kier molecular flexibility index (Phi) is 4.94. The third-order valence-corrected chi connectivity index (χ3v) is 4.20. The molecule has 0 atom stereocenters. The van der Waals surface area contributed by atoms with E-state index < -0.39 is 16.3 Å². The first-order valence-corrected chi connectivity index (χ1v) is 7.58. The third-order valence-electron chi connectivity index (χ3n) is 2.74. The molecule has 1 heterocycles. The number of ether oxygens (including phenoxy) is 2. The number of carbonyl (C=O) groups is 1. The van der Waals surface area contributed by atoms with Crippen LogP contribution in [-0.2, 0) is 26.3 Å². The summed E-state index contributed by atoms with van der Waals surface area (Å²) in [5, 5.41) is 0. The van der Waals surface area contributed by atoms with E-state index in [4.69, 9.17) is 9.47 Å². The summed E-state index contributed by atoms with van der Waals surface area (Å²) in [5.74, 6) is 0. The molecule has 1 aromatic rings. The topological polar surface area (TPSA) is 84.9 Å². The highest BCUT2D eigenvalue weighted by atomic mass is 32.2. The summed E-state index contributed by atoms with van der Waals surface area (Å²) < 4.78 is 36.7. The lowest BCUT2D eigenvalue weighted by atomic mass is 10.2. The van der Waals surface area contributed by atoms with Crippen molar-refractivity contribution in [2.75, 3.05) is 26.3 Å². The van der Waals surface area contributed by atoms with Crippen LogP contribution in [0.4, 0.5) is 4.79 Å². The molecule has 0 aromatic heterocycles. The number of morpholine rings is 1. The van der Waals surface area contributed by atoms with Gasteiger partial charge in [-0.2, -0.15) is 12.7 Å². The largest absolute Gasteiger partial charge is 0.444 e. The minimum absolute atomic E-state index is 0.0192. The average Bonchev–Trinajstić information content (AvgIpc) is 2.47. The van der Waals surface area contributed by atoms with Crippen LogP contribution in [0, 0.1) is 0 Å². The van der Waals surface area contributed by atoms with E-state index in [-0.39, 0.29) is 19.7 Å². The standard InChI is InChI=1S/C12H16N2O5S/c15-12(19-10-11-4-2-1-3-5-11)13-20(16,17)14-6-8-18-9-7-14/h1-5H,6-10H2,(H,13,15). The number of nitrogens with zero attached hydrogens (tertiary/aromatic N) is 1. The van der Waals surface area contributed by atoms with Crippen LogP contribution in [-0.4, -0.2) is 45.1 Å². The molecule has 0 radical (unpaired) electrons. The van der Waals surface area contributed by atoms with Gasteiger partial charge in [-0.25, -0.2) is 9.52 Å². The molecule has 0 spiro atoms. The van der Waals surface area contributed by atoms with E-state index >= 15 is 0 Å². The van der Waals surface area contributed by atoms with E-state index in [1.807, 2.05) is 10.8 Å². The Labute approximate surface area is 117 Å². The van der Waals surface area contributed by atoms with Gasteiger partial charge >= 0.3 is 16.3 Å². The predicted octanol–water partition coefficient (Wildman–Crippen LogP) is 0.490. The molecule has 0 aliphatic carbocycles. The highest BCUT2D eigenvalue weighted by Crippen LogP contribution is 2.04. The lowest BCUT2D eigenvalue weighted by molar-refractivity contribution is 0.0721. The van der Waals surface area contributed by atoms with Gasteiger partial charge in [0.25, 0.3) is 0 Å². The molecule has 1 fully saturated rings. The number of carbonyl (C=O) groups excluding carboxylic acids is 1. The van der Waals surface area contributed by atoms with Crippen molar-refractivity contribution in [2.45, 2.75) is 6.61 Å². The number of amides is 1. The monoisotopic (exact) mass is 300 g/mol. The zero-order chi connectivity index (χ0) is 14.4. The molecule has 1 aliphatic heterocycles. The van der Waals surface area contributed by atoms with Crippen molar-refractivity contribution < 1.29 is 22.7 Å². The molecule has 110 valence electrons. The van der Waals surface area contributed by atoms with Gasteiger partial charge in [-0.05, 0) is 5.56 Å². The van der Waals surface area contributed by atoms with E-state index in [1.54, 1.807) is 24.3 Å². The summed E-state index contributed by atoms with van der Waals surface area (Å²) in [7, 11) is -3.86. The van der Waals surface area contributed by atoms with E-state index in [2.05, 4.69) is 0 Å². The molecular weight excluding hydrogens is 284 g/mol. The maximum absolute atomic E-state index is 11.9. The average molecular weight is 300 g/mol. The summed E-state index contributed by atoms with van der Waals surface area (Å²) in [6, 6.07) is 9.02. The first-order chi connectivity index (χ1) is 9.58. The van der Waals surface area contributed by atoms with Gasteiger partial charge in [0, 0.05) is 13.1 Å². The van der Waals surface area contributed by atoms with Crippen molar-refractivity contribution >= 4 is 16.3 Å². The lowest BCUT2D eigenvalue weighted by Gasteiger charge is -2.25. The Bertz CT molecular complexity index is 540. The molecule has 0 saturated carbocycles. The molecule has 8 heteroatoms. The molecule has 0 unspecified atom stereocenters. The van der Waals surface area contributed by atoms with Crippen LogP contribution in [0.2, 0.25) is 0 Å². The van der Waals surface area contributed by atoms with Crippen molar-refractivity contribution in [1.82, 2.24) is 9.03 Å². The minimum Gasteiger partial charge on any atom is -0.444 e. The van der Waals surface area contributed by atoms with Crippen LogP contribution in [0.15, 0.2) is 30.3 Å². The minimum atomic E-state index is -3.86. The number of rotatable bonds is 4. The van der Waals surface area contributed by atoms with Gasteiger partial charge in [-0.3, -0.25) is 0 Å². The fourth-order valence-electron chi connectivity index (χ4n) is 1.71. The number of nitrogens with one attached hydrogen (secondary N) is 1. The maximum atomic E-state index is 11.9. The zero-order valence-electron chi connectivity index (χ0n) is 10.8. The molecule has 1 aliphatic rings. The lowest BCUT2D eigenvalue weighted by Crippen LogP contribution is -2.48. The quantitative estimate of drug-likeness (QED) is 0.874. The number of benzene rings is 1. The SMILES string of the molecule is O=C(NS(=O)(=O)N1CCOCC1)OCc1ccccc1. The molecule has 2 rings (SSSR count). The molecule has 1 amide bonds. The summed E-state index contributed by atoms with van der Waals surface area (Å²) in [6.07, 6.45) is -0.986. The van der Waals surface area contributed by atoms with E-state index in [9.17, 15) is 13.2 Å². The predicted molar refractivity (Wildman–Crippen MR) is 71.1 cm³/mol. The van der Waals surface area contributed by atoms with Crippen LogP contribution >= 0.6 is 0 Å². The Hall–Kier alpha value is -1.64.